The molecular formula is C24H18N2O5. The molecule has 0 fully saturated rings. The maximum Gasteiger partial charge on any atom is 0.296 e. The van der Waals surface area contributed by atoms with E-state index in [1.165, 1.54) is 19.1 Å². The first-order chi connectivity index (χ1) is 15.2. The van der Waals surface area contributed by atoms with Gasteiger partial charge in [0, 0.05) is 11.8 Å². The second-order valence-electron chi connectivity index (χ2n) is 7.02. The smallest absolute Gasteiger partial charge is 0.296 e. The summed E-state index contributed by atoms with van der Waals surface area (Å²) in [5, 5.41) is 0.406. The number of hydrogen-bond donors (Lipinski definition) is 0. The maximum absolute atomic E-state index is 13.5. The molecule has 31 heavy (non-hydrogen) atoms. The largest absolute Gasteiger partial charge is 0.493 e. The van der Waals surface area contributed by atoms with Gasteiger partial charge in [-0.25, -0.2) is 4.98 Å². The number of pyridine rings is 1. The summed E-state index contributed by atoms with van der Waals surface area (Å²) in [6.45, 7) is 0. The molecule has 7 nitrogen and oxygen atoms in total. The highest BCUT2D eigenvalue weighted by molar-refractivity contribution is 6.10. The molecule has 2 aromatic carbocycles. The van der Waals surface area contributed by atoms with Crippen molar-refractivity contribution in [3.05, 3.63) is 94.0 Å². The molecule has 1 aliphatic rings. The summed E-state index contributed by atoms with van der Waals surface area (Å²) < 4.78 is 17.0. The third-order valence-electron chi connectivity index (χ3n) is 5.40. The number of methoxy groups -OCH3 is 2. The molecule has 4 aromatic rings. The Morgan fingerprint density at radius 1 is 0.935 bits per heavy atom. The van der Waals surface area contributed by atoms with Gasteiger partial charge < -0.3 is 13.9 Å². The van der Waals surface area contributed by atoms with Crippen molar-refractivity contribution in [2.75, 3.05) is 19.1 Å². The Balaban J connectivity index is 1.86. The van der Waals surface area contributed by atoms with E-state index in [1.807, 2.05) is 0 Å². The van der Waals surface area contributed by atoms with Crippen LogP contribution in [0, 0.1) is 0 Å². The maximum atomic E-state index is 13.5. The van der Waals surface area contributed by atoms with Crippen LogP contribution < -0.4 is 19.8 Å². The number of ether oxygens (including phenoxy) is 2. The molecule has 0 saturated heterocycles. The number of anilines is 1. The zero-order chi connectivity index (χ0) is 21.5. The molecule has 0 bridgehead atoms. The number of nitrogens with zero attached hydrogens (tertiary/aromatic N) is 2. The number of carbonyl (C=O) groups excluding carboxylic acids is 1. The second kappa shape index (κ2) is 7.28. The summed E-state index contributed by atoms with van der Waals surface area (Å²) >= 11 is 0. The SMILES string of the molecule is COc1cccc([C@H]2c3c(oc4ccccc4c3=O)C(=O)N2c2ccccn2)c1OC. The molecule has 1 atom stereocenters. The van der Waals surface area contributed by atoms with E-state index < -0.39 is 11.9 Å². The molecule has 0 unspecified atom stereocenters. The van der Waals surface area contributed by atoms with Crippen LogP contribution in [-0.4, -0.2) is 25.1 Å². The molecule has 0 spiro atoms. The zero-order valence-electron chi connectivity index (χ0n) is 16.9. The third kappa shape index (κ3) is 2.78. The Labute approximate surface area is 177 Å². The Morgan fingerprint density at radius 2 is 1.74 bits per heavy atom. The number of aromatic nitrogens is 1. The normalized spacial score (nSPS) is 15.2. The van der Waals surface area contributed by atoms with Crippen molar-refractivity contribution >= 4 is 22.7 Å². The van der Waals surface area contributed by atoms with Gasteiger partial charge in [0.15, 0.2) is 16.9 Å². The van der Waals surface area contributed by atoms with Crippen molar-refractivity contribution < 1.29 is 18.7 Å². The summed E-state index contributed by atoms with van der Waals surface area (Å²) in [7, 11) is 3.06. The van der Waals surface area contributed by atoms with Gasteiger partial charge in [-0.15, -0.1) is 0 Å². The summed E-state index contributed by atoms with van der Waals surface area (Å²) in [4.78, 5) is 32.9. The first kappa shape index (κ1) is 18.9. The summed E-state index contributed by atoms with van der Waals surface area (Å²) in [6.07, 6.45) is 1.59. The Morgan fingerprint density at radius 3 is 2.48 bits per heavy atom. The van der Waals surface area contributed by atoms with Gasteiger partial charge in [0.1, 0.15) is 17.4 Å². The lowest BCUT2D eigenvalue weighted by molar-refractivity contribution is 0.0970. The van der Waals surface area contributed by atoms with Gasteiger partial charge in [-0.05, 0) is 30.3 Å². The number of carbonyl (C=O) groups is 1. The quantitative estimate of drug-likeness (QED) is 0.503. The van der Waals surface area contributed by atoms with Gasteiger partial charge in [-0.3, -0.25) is 14.5 Å². The number of amides is 1. The van der Waals surface area contributed by atoms with Gasteiger partial charge in [0.25, 0.3) is 5.91 Å². The first-order valence-corrected chi connectivity index (χ1v) is 9.67. The molecule has 0 radical (unpaired) electrons. The molecule has 1 amide bonds. The molecule has 0 N–H and O–H groups in total. The lowest BCUT2D eigenvalue weighted by atomic mass is 9.97. The van der Waals surface area contributed by atoms with E-state index in [2.05, 4.69) is 4.98 Å². The number of rotatable bonds is 4. The molecule has 0 saturated carbocycles. The van der Waals surface area contributed by atoms with Crippen molar-refractivity contribution in [2.24, 2.45) is 0 Å². The third-order valence-corrected chi connectivity index (χ3v) is 5.40. The van der Waals surface area contributed by atoms with Gasteiger partial charge in [0.05, 0.1) is 25.2 Å². The van der Waals surface area contributed by atoms with Crippen molar-refractivity contribution in [3.8, 4) is 11.5 Å². The van der Waals surface area contributed by atoms with Crippen LogP contribution >= 0.6 is 0 Å². The fraction of sp³-hybridized carbons (Fsp3) is 0.125. The lowest BCUT2D eigenvalue weighted by Gasteiger charge is -2.26. The minimum Gasteiger partial charge on any atom is -0.493 e. The lowest BCUT2D eigenvalue weighted by Crippen LogP contribution is -2.30. The fourth-order valence-electron chi connectivity index (χ4n) is 4.07. The van der Waals surface area contributed by atoms with E-state index in [4.69, 9.17) is 13.9 Å². The van der Waals surface area contributed by atoms with Crippen molar-refractivity contribution in [1.82, 2.24) is 4.98 Å². The second-order valence-corrected chi connectivity index (χ2v) is 7.02. The van der Waals surface area contributed by atoms with Crippen LogP contribution in [-0.2, 0) is 0 Å². The van der Waals surface area contributed by atoms with Gasteiger partial charge in [0.2, 0.25) is 5.76 Å². The molecule has 2 aromatic heterocycles. The molecule has 1 aliphatic heterocycles. The topological polar surface area (TPSA) is 81.9 Å². The van der Waals surface area contributed by atoms with E-state index >= 15 is 0 Å². The van der Waals surface area contributed by atoms with E-state index in [1.54, 1.807) is 66.9 Å². The average Bonchev–Trinajstić information content (AvgIpc) is 3.11. The zero-order valence-corrected chi connectivity index (χ0v) is 16.9. The molecule has 0 aliphatic carbocycles. The molecular weight excluding hydrogens is 396 g/mol. The van der Waals surface area contributed by atoms with Gasteiger partial charge in [-0.1, -0.05) is 30.3 Å². The van der Waals surface area contributed by atoms with Gasteiger partial charge >= 0.3 is 0 Å². The highest BCUT2D eigenvalue weighted by Gasteiger charge is 2.45. The van der Waals surface area contributed by atoms with Gasteiger partial charge in [-0.2, -0.15) is 0 Å². The van der Waals surface area contributed by atoms with Crippen LogP contribution in [0.1, 0.15) is 27.7 Å². The van der Waals surface area contributed by atoms with E-state index in [9.17, 15) is 9.59 Å². The fourth-order valence-corrected chi connectivity index (χ4v) is 4.07. The molecule has 3 heterocycles. The average molecular weight is 414 g/mol. The first-order valence-electron chi connectivity index (χ1n) is 9.67. The number of para-hydroxylation sites is 2. The van der Waals surface area contributed by atoms with Crippen molar-refractivity contribution in [3.63, 3.8) is 0 Å². The number of benzene rings is 2. The molecule has 154 valence electrons. The number of fused-ring (bicyclic) bond motifs is 2. The highest BCUT2D eigenvalue weighted by atomic mass is 16.5. The van der Waals surface area contributed by atoms with Crippen LogP contribution in [0.2, 0.25) is 0 Å². The molecule has 7 heteroatoms. The van der Waals surface area contributed by atoms with Crippen molar-refractivity contribution in [2.45, 2.75) is 6.04 Å². The number of hydrogen-bond acceptors (Lipinski definition) is 6. The van der Waals surface area contributed by atoms with Crippen LogP contribution in [0.25, 0.3) is 11.0 Å². The summed E-state index contributed by atoms with van der Waals surface area (Å²) in [5.41, 5.74) is 0.945. The van der Waals surface area contributed by atoms with E-state index in [-0.39, 0.29) is 16.8 Å². The van der Waals surface area contributed by atoms with E-state index in [0.29, 0.717) is 33.8 Å². The molecule has 5 rings (SSSR count). The summed E-state index contributed by atoms with van der Waals surface area (Å²) in [6, 6.07) is 16.7. The predicted molar refractivity (Wildman–Crippen MR) is 115 cm³/mol. The monoisotopic (exact) mass is 414 g/mol. The van der Waals surface area contributed by atoms with E-state index in [0.717, 1.165) is 0 Å². The predicted octanol–water partition coefficient (Wildman–Crippen LogP) is 3.96. The minimum atomic E-state index is -0.789. The van der Waals surface area contributed by atoms with Crippen LogP contribution in [0.5, 0.6) is 11.5 Å². The minimum absolute atomic E-state index is 0.00391. The Hall–Kier alpha value is -4.13. The van der Waals surface area contributed by atoms with Crippen LogP contribution in [0.4, 0.5) is 5.82 Å². The standard InChI is InChI=1S/C24H18N2O5/c1-29-17-11-7-9-15(22(17)30-2)20-19-21(27)14-8-3-4-10-16(14)31-23(19)24(28)26(20)18-12-5-6-13-25-18/h3-13,20H,1-2H3/t20-/m0/s1. The highest BCUT2D eigenvalue weighted by Crippen LogP contribution is 2.45. The van der Waals surface area contributed by atoms with Crippen LogP contribution in [0.3, 0.4) is 0 Å². The van der Waals surface area contributed by atoms with Crippen molar-refractivity contribution in [1.29, 1.82) is 0 Å². The Kier molecular flexibility index (Phi) is 4.43. The Bertz CT molecular complexity index is 1360. The van der Waals surface area contributed by atoms with Crippen LogP contribution in [0.15, 0.2) is 76.1 Å². The summed E-state index contributed by atoms with van der Waals surface area (Å²) in [5.74, 6) is 0.893.